The Morgan fingerprint density at radius 1 is 0.352 bits per heavy atom. The highest BCUT2D eigenvalue weighted by Gasteiger charge is 2.19. The lowest BCUT2D eigenvalue weighted by atomic mass is 10.0. The van der Waals surface area contributed by atoms with Crippen LogP contribution in [-0.2, 0) is 0 Å². The molecule has 54 heavy (non-hydrogen) atoms. The zero-order chi connectivity index (χ0) is 35.6. The second-order valence-electron chi connectivity index (χ2n) is 13.7. The minimum Gasteiger partial charge on any atom is -0.308 e. The van der Waals surface area contributed by atoms with Gasteiger partial charge in [0.05, 0.1) is 39.5 Å². The van der Waals surface area contributed by atoms with Gasteiger partial charge in [-0.25, -0.2) is 9.97 Å². The maximum Gasteiger partial charge on any atom is 0.235 e. The molecule has 0 spiro atoms. The Bertz CT molecular complexity index is 3200. The van der Waals surface area contributed by atoms with Gasteiger partial charge in [-0.05, 0) is 76.9 Å². The van der Waals surface area contributed by atoms with E-state index in [4.69, 9.17) is 9.97 Å². The summed E-state index contributed by atoms with van der Waals surface area (Å²) in [6.45, 7) is 0. The van der Waals surface area contributed by atoms with Gasteiger partial charge >= 0.3 is 0 Å². The highest BCUT2D eigenvalue weighted by Crippen LogP contribution is 2.38. The van der Waals surface area contributed by atoms with Crippen LogP contribution in [0.1, 0.15) is 0 Å². The molecule has 0 N–H and O–H groups in total. The third-order valence-electron chi connectivity index (χ3n) is 10.6. The maximum absolute atomic E-state index is 5.33. The number of aromatic nitrogens is 5. The summed E-state index contributed by atoms with van der Waals surface area (Å²) in [5, 5.41) is 5.72. The van der Waals surface area contributed by atoms with Gasteiger partial charge in [0.25, 0.3) is 0 Å². The maximum atomic E-state index is 5.33. The highest BCUT2D eigenvalue weighted by molar-refractivity contribution is 6.12. The van der Waals surface area contributed by atoms with Crippen molar-refractivity contribution in [3.8, 4) is 45.1 Å². The number of nitrogens with zero attached hydrogens (tertiary/aromatic N) is 5. The first-order valence-corrected chi connectivity index (χ1v) is 18.2. The molecule has 4 aromatic heterocycles. The minimum atomic E-state index is 0.651. The van der Waals surface area contributed by atoms with Crippen molar-refractivity contribution >= 4 is 54.5 Å². The van der Waals surface area contributed by atoms with Crippen LogP contribution < -0.4 is 0 Å². The first kappa shape index (κ1) is 30.3. The van der Waals surface area contributed by atoms with Crippen LogP contribution in [0.2, 0.25) is 0 Å². The fourth-order valence-electron chi connectivity index (χ4n) is 8.11. The third kappa shape index (κ3) is 4.76. The summed E-state index contributed by atoms with van der Waals surface area (Å²) in [6, 6.07) is 62.2. The summed E-state index contributed by atoms with van der Waals surface area (Å²) in [7, 11) is 0. The zero-order valence-electron chi connectivity index (χ0n) is 29.1. The van der Waals surface area contributed by atoms with E-state index in [-0.39, 0.29) is 0 Å². The predicted molar refractivity (Wildman–Crippen MR) is 222 cm³/mol. The molecule has 0 fully saturated rings. The number of fused-ring (bicyclic) bond motifs is 7. The number of hydrogen-bond donors (Lipinski definition) is 0. The average Bonchev–Trinajstić information content (AvgIpc) is 3.76. The van der Waals surface area contributed by atoms with Crippen LogP contribution in [0.25, 0.3) is 99.7 Å². The highest BCUT2D eigenvalue weighted by atomic mass is 15.2. The molecule has 0 saturated carbocycles. The number of para-hydroxylation sites is 3. The van der Waals surface area contributed by atoms with E-state index in [0.717, 1.165) is 71.8 Å². The molecule has 11 rings (SSSR count). The molecular weight excluding hydrogens is 659 g/mol. The summed E-state index contributed by atoms with van der Waals surface area (Å²) >= 11 is 0. The monoisotopic (exact) mass is 689 g/mol. The van der Waals surface area contributed by atoms with Crippen LogP contribution in [0.4, 0.5) is 0 Å². The second-order valence-corrected chi connectivity index (χ2v) is 13.7. The topological polar surface area (TPSA) is 48.5 Å². The van der Waals surface area contributed by atoms with E-state index in [1.807, 2.05) is 24.5 Å². The van der Waals surface area contributed by atoms with Gasteiger partial charge in [-0.2, -0.15) is 0 Å². The quantitative estimate of drug-likeness (QED) is 0.181. The Morgan fingerprint density at radius 3 is 1.67 bits per heavy atom. The average molecular weight is 690 g/mol. The first-order chi connectivity index (χ1) is 26.8. The van der Waals surface area contributed by atoms with Gasteiger partial charge in [-0.15, -0.1) is 0 Å². The van der Waals surface area contributed by atoms with Crippen molar-refractivity contribution in [3.05, 3.63) is 188 Å². The normalized spacial score (nSPS) is 11.7. The van der Waals surface area contributed by atoms with E-state index in [0.29, 0.717) is 5.95 Å². The second kappa shape index (κ2) is 12.1. The molecule has 5 heteroatoms. The molecule has 0 radical (unpaired) electrons. The van der Waals surface area contributed by atoms with Crippen LogP contribution >= 0.6 is 0 Å². The van der Waals surface area contributed by atoms with Crippen molar-refractivity contribution in [2.75, 3.05) is 0 Å². The van der Waals surface area contributed by atoms with Crippen molar-refractivity contribution < 1.29 is 0 Å². The fourth-order valence-corrected chi connectivity index (χ4v) is 8.11. The Balaban J connectivity index is 1.07. The molecule has 0 unspecified atom stereocenters. The molecule has 11 aromatic rings. The number of hydrogen-bond acceptors (Lipinski definition) is 3. The summed E-state index contributed by atoms with van der Waals surface area (Å²) < 4.78 is 4.51. The van der Waals surface area contributed by atoms with E-state index >= 15 is 0 Å². The number of pyridine rings is 1. The molecule has 252 valence electrons. The molecule has 5 nitrogen and oxygen atoms in total. The van der Waals surface area contributed by atoms with E-state index < -0.39 is 0 Å². The van der Waals surface area contributed by atoms with E-state index in [2.05, 4.69) is 178 Å². The fraction of sp³-hybridized carbons (Fsp3) is 0. The van der Waals surface area contributed by atoms with Crippen molar-refractivity contribution in [1.29, 1.82) is 0 Å². The molecule has 0 saturated heterocycles. The van der Waals surface area contributed by atoms with E-state index in [1.165, 1.54) is 21.9 Å². The molecule has 0 aliphatic heterocycles. The van der Waals surface area contributed by atoms with Crippen molar-refractivity contribution in [2.24, 2.45) is 0 Å². The summed E-state index contributed by atoms with van der Waals surface area (Å²) in [4.78, 5) is 15.0. The van der Waals surface area contributed by atoms with Crippen LogP contribution in [0.15, 0.2) is 188 Å². The Hall–Kier alpha value is -7.37. The minimum absolute atomic E-state index is 0.651. The van der Waals surface area contributed by atoms with Crippen molar-refractivity contribution in [2.45, 2.75) is 0 Å². The summed E-state index contributed by atoms with van der Waals surface area (Å²) in [6.07, 6.45) is 3.84. The number of rotatable bonds is 5. The van der Waals surface area contributed by atoms with Crippen LogP contribution in [0, 0.1) is 0 Å². The lowest BCUT2D eigenvalue weighted by Gasteiger charge is -2.12. The predicted octanol–water partition coefficient (Wildman–Crippen LogP) is 12.2. The van der Waals surface area contributed by atoms with Crippen molar-refractivity contribution in [3.63, 3.8) is 0 Å². The largest absolute Gasteiger partial charge is 0.308 e. The standard InChI is InChI=1S/C49H31N5/c1-3-11-32(12-4-1)33-19-21-34(22-20-33)48-40-16-7-9-17-43(40)51-49(52-48)54-44-18-10-8-15-38(44)41-29-36(24-26-46(41)54)35-23-25-45-42(30-35)39-27-28-50-31-47(39)53(45)37-13-5-2-6-14-37/h1-31H. The van der Waals surface area contributed by atoms with Gasteiger partial charge in [0.1, 0.15) is 0 Å². The third-order valence-corrected chi connectivity index (χ3v) is 10.6. The van der Waals surface area contributed by atoms with Gasteiger partial charge in [0, 0.05) is 44.4 Å². The van der Waals surface area contributed by atoms with E-state index in [1.54, 1.807) is 0 Å². The molecule has 0 amide bonds. The van der Waals surface area contributed by atoms with Gasteiger partial charge < -0.3 is 4.57 Å². The molecule has 4 heterocycles. The zero-order valence-corrected chi connectivity index (χ0v) is 29.1. The Morgan fingerprint density at radius 2 is 0.907 bits per heavy atom. The smallest absolute Gasteiger partial charge is 0.235 e. The lowest BCUT2D eigenvalue weighted by molar-refractivity contribution is 1.01. The Kier molecular flexibility index (Phi) is 6.79. The van der Waals surface area contributed by atoms with Gasteiger partial charge in [-0.1, -0.05) is 121 Å². The molecular formula is C49H31N5. The molecule has 0 aliphatic carbocycles. The molecule has 0 bridgehead atoms. The Labute approximate surface area is 311 Å². The van der Waals surface area contributed by atoms with Crippen LogP contribution in [0.3, 0.4) is 0 Å². The molecule has 7 aromatic carbocycles. The van der Waals surface area contributed by atoms with E-state index in [9.17, 15) is 0 Å². The summed E-state index contributed by atoms with van der Waals surface area (Å²) in [5.74, 6) is 0.651. The number of benzene rings is 7. The van der Waals surface area contributed by atoms with Crippen LogP contribution in [0.5, 0.6) is 0 Å². The first-order valence-electron chi connectivity index (χ1n) is 18.2. The lowest BCUT2D eigenvalue weighted by Crippen LogP contribution is -2.03. The van der Waals surface area contributed by atoms with Crippen molar-refractivity contribution in [1.82, 2.24) is 24.1 Å². The van der Waals surface area contributed by atoms with Gasteiger partial charge in [0.15, 0.2) is 0 Å². The van der Waals surface area contributed by atoms with Crippen LogP contribution in [-0.4, -0.2) is 24.1 Å². The van der Waals surface area contributed by atoms with Gasteiger partial charge in [0.2, 0.25) is 5.95 Å². The summed E-state index contributed by atoms with van der Waals surface area (Å²) in [5.41, 5.74) is 13.1. The SMILES string of the molecule is c1ccc(-c2ccc(-c3nc(-n4c5ccccc5c5cc(-c6ccc7c(c6)c6ccncc6n7-c6ccccc6)ccc54)nc4ccccc34)cc2)cc1. The molecule has 0 atom stereocenters. The van der Waals surface area contributed by atoms with Gasteiger partial charge in [-0.3, -0.25) is 9.55 Å². The molecule has 0 aliphatic rings.